The third-order valence-corrected chi connectivity index (χ3v) is 4.15. The SMILES string of the molecule is Cc1nnc(C(=O)N2CCN(C(=O)Cc3ccc(Cl)cc3)CC2)o1. The Hall–Kier alpha value is -2.41. The molecule has 0 unspecified atom stereocenters. The first-order valence-corrected chi connectivity index (χ1v) is 8.02. The highest BCUT2D eigenvalue weighted by molar-refractivity contribution is 6.30. The number of aryl methyl sites for hydroxylation is 1. The van der Waals surface area contributed by atoms with Gasteiger partial charge in [-0.1, -0.05) is 23.7 Å². The van der Waals surface area contributed by atoms with Crippen molar-refractivity contribution in [3.8, 4) is 0 Å². The Bertz CT molecular complexity index is 736. The van der Waals surface area contributed by atoms with Gasteiger partial charge in [0, 0.05) is 38.1 Å². The number of nitrogens with zero attached hydrogens (tertiary/aromatic N) is 4. The van der Waals surface area contributed by atoms with E-state index >= 15 is 0 Å². The van der Waals surface area contributed by atoms with Crippen LogP contribution in [0, 0.1) is 6.92 Å². The summed E-state index contributed by atoms with van der Waals surface area (Å²) < 4.78 is 5.16. The average Bonchev–Trinajstić information content (AvgIpc) is 3.03. The molecule has 2 amide bonds. The summed E-state index contributed by atoms with van der Waals surface area (Å²) in [4.78, 5) is 28.0. The first kappa shape index (κ1) is 16.4. The summed E-state index contributed by atoms with van der Waals surface area (Å²) in [6, 6.07) is 7.23. The molecule has 7 nitrogen and oxygen atoms in total. The average molecular weight is 349 g/mol. The van der Waals surface area contributed by atoms with Crippen molar-refractivity contribution in [2.75, 3.05) is 26.2 Å². The molecule has 24 heavy (non-hydrogen) atoms. The van der Waals surface area contributed by atoms with Crippen molar-refractivity contribution in [2.45, 2.75) is 13.3 Å². The van der Waals surface area contributed by atoms with Gasteiger partial charge < -0.3 is 14.2 Å². The third-order valence-electron chi connectivity index (χ3n) is 3.90. The Morgan fingerprint density at radius 1 is 1.08 bits per heavy atom. The van der Waals surface area contributed by atoms with E-state index in [9.17, 15) is 9.59 Å². The summed E-state index contributed by atoms with van der Waals surface area (Å²) >= 11 is 5.84. The minimum absolute atomic E-state index is 0.00607. The predicted molar refractivity (Wildman–Crippen MR) is 86.7 cm³/mol. The molecule has 126 valence electrons. The fourth-order valence-electron chi connectivity index (χ4n) is 2.57. The highest BCUT2D eigenvalue weighted by Gasteiger charge is 2.27. The summed E-state index contributed by atoms with van der Waals surface area (Å²) in [6.07, 6.45) is 0.327. The maximum Gasteiger partial charge on any atom is 0.311 e. The van der Waals surface area contributed by atoms with Crippen LogP contribution in [0.15, 0.2) is 28.7 Å². The Kier molecular flexibility index (Phi) is 4.80. The van der Waals surface area contributed by atoms with Gasteiger partial charge in [-0.05, 0) is 17.7 Å². The van der Waals surface area contributed by atoms with Gasteiger partial charge in [0.05, 0.1) is 6.42 Å². The second-order valence-corrected chi connectivity index (χ2v) is 6.04. The molecule has 0 aliphatic carbocycles. The highest BCUT2D eigenvalue weighted by atomic mass is 35.5. The van der Waals surface area contributed by atoms with E-state index in [1.165, 1.54) is 0 Å². The van der Waals surface area contributed by atoms with Crippen molar-refractivity contribution in [1.29, 1.82) is 0 Å². The number of piperazine rings is 1. The number of hydrogen-bond acceptors (Lipinski definition) is 5. The van der Waals surface area contributed by atoms with Gasteiger partial charge in [0.1, 0.15) is 0 Å². The lowest BCUT2D eigenvalue weighted by molar-refractivity contribution is -0.131. The van der Waals surface area contributed by atoms with Crippen molar-refractivity contribution < 1.29 is 14.0 Å². The largest absolute Gasteiger partial charge is 0.417 e. The number of rotatable bonds is 3. The maximum atomic E-state index is 12.4. The van der Waals surface area contributed by atoms with Crippen LogP contribution in [-0.2, 0) is 11.2 Å². The van der Waals surface area contributed by atoms with E-state index in [-0.39, 0.29) is 17.7 Å². The van der Waals surface area contributed by atoms with Gasteiger partial charge in [0.25, 0.3) is 0 Å². The van der Waals surface area contributed by atoms with Crippen LogP contribution in [0.25, 0.3) is 0 Å². The first-order chi connectivity index (χ1) is 11.5. The quantitative estimate of drug-likeness (QED) is 0.841. The number of halogens is 1. The zero-order chi connectivity index (χ0) is 17.1. The van der Waals surface area contributed by atoms with E-state index in [1.54, 1.807) is 28.9 Å². The van der Waals surface area contributed by atoms with Gasteiger partial charge >= 0.3 is 11.8 Å². The van der Waals surface area contributed by atoms with E-state index in [0.717, 1.165) is 5.56 Å². The van der Waals surface area contributed by atoms with Crippen LogP contribution < -0.4 is 0 Å². The van der Waals surface area contributed by atoms with Crippen molar-refractivity contribution in [3.63, 3.8) is 0 Å². The lowest BCUT2D eigenvalue weighted by Gasteiger charge is -2.34. The van der Waals surface area contributed by atoms with Gasteiger partial charge in [0.2, 0.25) is 11.8 Å². The molecule has 1 saturated heterocycles. The molecule has 1 aliphatic rings. The zero-order valence-corrected chi connectivity index (χ0v) is 14.0. The van der Waals surface area contributed by atoms with Crippen LogP contribution in [0.5, 0.6) is 0 Å². The normalized spacial score (nSPS) is 14.8. The molecule has 1 aliphatic heterocycles. The molecule has 1 fully saturated rings. The molecule has 0 radical (unpaired) electrons. The number of aromatic nitrogens is 2. The van der Waals surface area contributed by atoms with Gasteiger partial charge in [-0.15, -0.1) is 10.2 Å². The Morgan fingerprint density at radius 3 is 2.29 bits per heavy atom. The molecule has 2 aromatic rings. The molecule has 0 N–H and O–H groups in total. The van der Waals surface area contributed by atoms with E-state index in [1.807, 2.05) is 12.1 Å². The molecule has 0 atom stereocenters. The number of carbonyl (C=O) groups excluding carboxylic acids is 2. The lowest BCUT2D eigenvalue weighted by atomic mass is 10.1. The van der Waals surface area contributed by atoms with Crippen molar-refractivity contribution in [1.82, 2.24) is 20.0 Å². The van der Waals surface area contributed by atoms with Crippen LogP contribution in [0.1, 0.15) is 22.1 Å². The van der Waals surface area contributed by atoms with Crippen LogP contribution in [0.2, 0.25) is 5.02 Å². The van der Waals surface area contributed by atoms with Crippen LogP contribution in [0.3, 0.4) is 0 Å². The smallest absolute Gasteiger partial charge is 0.311 e. The van der Waals surface area contributed by atoms with E-state index in [0.29, 0.717) is 43.5 Å². The van der Waals surface area contributed by atoms with Gasteiger partial charge in [-0.2, -0.15) is 0 Å². The highest BCUT2D eigenvalue weighted by Crippen LogP contribution is 2.13. The molecule has 8 heteroatoms. The van der Waals surface area contributed by atoms with Gasteiger partial charge in [-0.25, -0.2) is 0 Å². The van der Waals surface area contributed by atoms with Crippen LogP contribution in [-0.4, -0.2) is 58.0 Å². The Labute approximate surface area is 144 Å². The summed E-state index contributed by atoms with van der Waals surface area (Å²) in [6.45, 7) is 3.52. The minimum atomic E-state index is -0.291. The molecule has 0 bridgehead atoms. The van der Waals surface area contributed by atoms with Crippen molar-refractivity contribution >= 4 is 23.4 Å². The maximum absolute atomic E-state index is 12.4. The fraction of sp³-hybridized carbons (Fsp3) is 0.375. The molecule has 0 spiro atoms. The number of benzene rings is 1. The molecule has 2 heterocycles. The summed E-state index contributed by atoms with van der Waals surface area (Å²) in [7, 11) is 0. The summed E-state index contributed by atoms with van der Waals surface area (Å²) in [5.41, 5.74) is 0.921. The first-order valence-electron chi connectivity index (χ1n) is 7.64. The Balaban J connectivity index is 1.53. The van der Waals surface area contributed by atoms with E-state index in [2.05, 4.69) is 10.2 Å². The van der Waals surface area contributed by atoms with Gasteiger partial charge in [0.15, 0.2) is 0 Å². The molecule has 3 rings (SSSR count). The summed E-state index contributed by atoms with van der Waals surface area (Å²) in [5, 5.41) is 8.05. The topological polar surface area (TPSA) is 79.5 Å². The van der Waals surface area contributed by atoms with Crippen LogP contribution >= 0.6 is 11.6 Å². The predicted octanol–water partition coefficient (Wildman–Crippen LogP) is 1.56. The standard InChI is InChI=1S/C16H17ClN4O3/c1-11-18-19-15(24-11)16(23)21-8-6-20(7-9-21)14(22)10-12-2-4-13(17)5-3-12/h2-5H,6-10H2,1H3. The number of carbonyl (C=O) groups is 2. The third kappa shape index (κ3) is 3.73. The fourth-order valence-corrected chi connectivity index (χ4v) is 2.69. The molecule has 1 aromatic heterocycles. The molecular formula is C16H17ClN4O3. The Morgan fingerprint density at radius 2 is 1.71 bits per heavy atom. The second kappa shape index (κ2) is 7.00. The van der Waals surface area contributed by atoms with E-state index < -0.39 is 0 Å². The van der Waals surface area contributed by atoms with Crippen molar-refractivity contribution in [3.05, 3.63) is 46.6 Å². The lowest BCUT2D eigenvalue weighted by Crippen LogP contribution is -2.51. The number of hydrogen-bond donors (Lipinski definition) is 0. The second-order valence-electron chi connectivity index (χ2n) is 5.60. The van der Waals surface area contributed by atoms with E-state index in [4.69, 9.17) is 16.0 Å². The molecular weight excluding hydrogens is 332 g/mol. The van der Waals surface area contributed by atoms with Crippen molar-refractivity contribution in [2.24, 2.45) is 0 Å². The summed E-state index contributed by atoms with van der Waals surface area (Å²) in [5.74, 6) is 0.0991. The minimum Gasteiger partial charge on any atom is -0.417 e. The zero-order valence-electron chi connectivity index (χ0n) is 13.2. The number of amides is 2. The van der Waals surface area contributed by atoms with Crippen LogP contribution in [0.4, 0.5) is 0 Å². The molecule has 0 saturated carbocycles. The van der Waals surface area contributed by atoms with Gasteiger partial charge in [-0.3, -0.25) is 9.59 Å². The monoisotopic (exact) mass is 348 g/mol. The molecule has 1 aromatic carbocycles.